The fraction of sp³-hybridized carbons (Fsp3) is 0.345. The second-order valence-corrected chi connectivity index (χ2v) is 11.2. The first kappa shape index (κ1) is 27.7. The summed E-state index contributed by atoms with van der Waals surface area (Å²) in [5, 5.41) is 6.15. The maximum atomic E-state index is 13.3. The smallest absolute Gasteiger partial charge is 0.341 e. The molecular weight excluding hydrogens is 520 g/mol. The van der Waals surface area contributed by atoms with Gasteiger partial charge in [0.2, 0.25) is 5.91 Å². The molecule has 4 rings (SSSR count). The number of methoxy groups -OCH3 is 1. The van der Waals surface area contributed by atoms with Gasteiger partial charge in [-0.1, -0.05) is 19.1 Å². The number of hydrogen-bond donors (Lipinski definition) is 2. The van der Waals surface area contributed by atoms with Crippen molar-refractivity contribution in [1.29, 1.82) is 0 Å². The van der Waals surface area contributed by atoms with Gasteiger partial charge in [0.1, 0.15) is 10.8 Å². The van der Waals surface area contributed by atoms with Gasteiger partial charge in [-0.3, -0.25) is 9.59 Å². The fourth-order valence-electron chi connectivity index (χ4n) is 4.37. The molecule has 9 heteroatoms. The van der Waals surface area contributed by atoms with Gasteiger partial charge < -0.3 is 20.1 Å². The monoisotopic (exact) mass is 552 g/mol. The minimum atomic E-state index is -0.381. The lowest BCUT2D eigenvalue weighted by Gasteiger charge is -2.16. The highest BCUT2D eigenvalue weighted by atomic mass is 32.2. The van der Waals surface area contributed by atoms with Crippen LogP contribution in [0.5, 0.6) is 5.75 Å². The van der Waals surface area contributed by atoms with E-state index in [1.54, 1.807) is 38.3 Å². The zero-order chi connectivity index (χ0) is 27.1. The Labute approximate surface area is 231 Å². The van der Waals surface area contributed by atoms with Crippen LogP contribution in [0.25, 0.3) is 0 Å². The summed E-state index contributed by atoms with van der Waals surface area (Å²) in [7, 11) is 1.56. The number of carbonyl (C=O) groups is 3. The molecule has 0 saturated heterocycles. The Morgan fingerprint density at radius 3 is 2.58 bits per heavy atom. The number of carbonyl (C=O) groups excluding carboxylic acids is 3. The summed E-state index contributed by atoms with van der Waals surface area (Å²) in [6.07, 6.45) is 4.46. The third-order valence-electron chi connectivity index (χ3n) is 6.25. The average molecular weight is 553 g/mol. The van der Waals surface area contributed by atoms with Gasteiger partial charge in [0, 0.05) is 21.0 Å². The van der Waals surface area contributed by atoms with Crippen LogP contribution in [0.3, 0.4) is 0 Å². The molecule has 7 nitrogen and oxygen atoms in total. The molecule has 38 heavy (non-hydrogen) atoms. The van der Waals surface area contributed by atoms with Crippen LogP contribution in [-0.2, 0) is 22.4 Å². The highest BCUT2D eigenvalue weighted by Gasteiger charge is 2.29. The first-order valence-corrected chi connectivity index (χ1v) is 14.5. The lowest BCUT2D eigenvalue weighted by Crippen LogP contribution is -2.25. The van der Waals surface area contributed by atoms with E-state index >= 15 is 0 Å². The Morgan fingerprint density at radius 2 is 1.82 bits per heavy atom. The molecule has 1 atom stereocenters. The van der Waals surface area contributed by atoms with Gasteiger partial charge >= 0.3 is 5.97 Å². The van der Waals surface area contributed by atoms with Gasteiger partial charge in [0.15, 0.2) is 0 Å². The number of esters is 1. The molecule has 2 amide bonds. The van der Waals surface area contributed by atoms with E-state index in [-0.39, 0.29) is 29.6 Å². The lowest BCUT2D eigenvalue weighted by atomic mass is 9.95. The number of anilines is 2. The van der Waals surface area contributed by atoms with Crippen LogP contribution < -0.4 is 15.4 Å². The number of thiophene rings is 1. The van der Waals surface area contributed by atoms with Crippen molar-refractivity contribution in [3.63, 3.8) is 0 Å². The van der Waals surface area contributed by atoms with Gasteiger partial charge in [-0.2, -0.15) is 0 Å². The number of nitrogens with one attached hydrogen (secondary N) is 2. The molecule has 0 radical (unpaired) electrons. The Balaban J connectivity index is 1.47. The third kappa shape index (κ3) is 6.57. The van der Waals surface area contributed by atoms with Crippen LogP contribution in [0, 0.1) is 0 Å². The molecule has 200 valence electrons. The third-order valence-corrected chi connectivity index (χ3v) is 8.82. The molecule has 0 bridgehead atoms. The van der Waals surface area contributed by atoms with E-state index in [2.05, 4.69) is 10.6 Å². The maximum Gasteiger partial charge on any atom is 0.341 e. The average Bonchev–Trinajstić information content (AvgIpc) is 3.29. The number of amides is 2. The number of aryl methyl sites for hydroxylation is 1. The molecule has 1 unspecified atom stereocenters. The molecular formula is C29H32N2O5S2. The first-order chi connectivity index (χ1) is 18.4. The molecule has 1 aliphatic carbocycles. The van der Waals surface area contributed by atoms with E-state index in [4.69, 9.17) is 9.47 Å². The number of benzene rings is 2. The van der Waals surface area contributed by atoms with Crippen LogP contribution >= 0.6 is 23.1 Å². The summed E-state index contributed by atoms with van der Waals surface area (Å²) in [5.41, 5.74) is 2.66. The Kier molecular flexibility index (Phi) is 9.47. The van der Waals surface area contributed by atoms with Gasteiger partial charge in [-0.15, -0.1) is 23.1 Å². The van der Waals surface area contributed by atoms with Crippen molar-refractivity contribution in [2.45, 2.75) is 56.1 Å². The number of ether oxygens (including phenoxy) is 2. The zero-order valence-corrected chi connectivity index (χ0v) is 23.4. The van der Waals surface area contributed by atoms with Crippen LogP contribution in [0.15, 0.2) is 53.4 Å². The van der Waals surface area contributed by atoms with Crippen molar-refractivity contribution in [2.24, 2.45) is 0 Å². The molecule has 0 spiro atoms. The molecule has 2 aromatic carbocycles. The SMILES string of the molecule is CCOC(=O)c1c(NC(=O)C(CC)Sc2cccc(NC(=O)c3cccc(OC)c3)c2)sc2c1CCCC2. The Morgan fingerprint density at radius 1 is 1.03 bits per heavy atom. The summed E-state index contributed by atoms with van der Waals surface area (Å²) in [6.45, 7) is 4.03. The van der Waals surface area contributed by atoms with Crippen LogP contribution in [0.4, 0.5) is 10.7 Å². The number of rotatable bonds is 10. The Bertz CT molecular complexity index is 1320. The predicted octanol–water partition coefficient (Wildman–Crippen LogP) is 6.57. The minimum Gasteiger partial charge on any atom is -0.497 e. The highest BCUT2D eigenvalue weighted by Crippen LogP contribution is 2.39. The minimum absolute atomic E-state index is 0.160. The first-order valence-electron chi connectivity index (χ1n) is 12.8. The summed E-state index contributed by atoms with van der Waals surface area (Å²) < 4.78 is 10.5. The normalized spacial score (nSPS) is 13.2. The van der Waals surface area contributed by atoms with Crippen molar-refractivity contribution in [1.82, 2.24) is 0 Å². The Hall–Kier alpha value is -3.30. The van der Waals surface area contributed by atoms with Crippen molar-refractivity contribution >= 4 is 51.6 Å². The van der Waals surface area contributed by atoms with Gasteiger partial charge in [0.25, 0.3) is 5.91 Å². The van der Waals surface area contributed by atoms with Crippen molar-refractivity contribution < 1.29 is 23.9 Å². The molecule has 2 N–H and O–H groups in total. The predicted molar refractivity (Wildman–Crippen MR) is 153 cm³/mol. The summed E-state index contributed by atoms with van der Waals surface area (Å²) in [6, 6.07) is 14.4. The van der Waals surface area contributed by atoms with Gasteiger partial charge in [-0.25, -0.2) is 4.79 Å². The number of hydrogen-bond acceptors (Lipinski definition) is 7. The summed E-state index contributed by atoms with van der Waals surface area (Å²) in [4.78, 5) is 40.8. The largest absolute Gasteiger partial charge is 0.497 e. The quantitative estimate of drug-likeness (QED) is 0.218. The van der Waals surface area contributed by atoms with Gasteiger partial charge in [-0.05, 0) is 81.0 Å². The van der Waals surface area contributed by atoms with Crippen LogP contribution in [0.1, 0.15) is 64.3 Å². The summed E-state index contributed by atoms with van der Waals surface area (Å²) in [5.74, 6) is -0.171. The molecule has 1 aliphatic rings. The molecule has 3 aromatic rings. The van der Waals surface area contributed by atoms with Crippen LogP contribution in [0.2, 0.25) is 0 Å². The zero-order valence-electron chi connectivity index (χ0n) is 21.8. The van der Waals surface area contributed by atoms with E-state index in [1.807, 2.05) is 31.2 Å². The fourth-order valence-corrected chi connectivity index (χ4v) is 6.66. The molecule has 0 aliphatic heterocycles. The second-order valence-electron chi connectivity index (χ2n) is 8.85. The van der Waals surface area contributed by atoms with Crippen molar-refractivity contribution in [2.75, 3.05) is 24.4 Å². The number of thioether (sulfide) groups is 1. The maximum absolute atomic E-state index is 13.3. The topological polar surface area (TPSA) is 93.7 Å². The van der Waals surface area contributed by atoms with E-state index in [9.17, 15) is 14.4 Å². The van der Waals surface area contributed by atoms with E-state index in [0.717, 1.165) is 41.0 Å². The van der Waals surface area contributed by atoms with E-state index in [0.29, 0.717) is 34.0 Å². The molecule has 0 saturated carbocycles. The summed E-state index contributed by atoms with van der Waals surface area (Å²) >= 11 is 2.91. The van der Waals surface area contributed by atoms with Crippen LogP contribution in [-0.4, -0.2) is 36.8 Å². The number of fused-ring (bicyclic) bond motifs is 1. The van der Waals surface area contributed by atoms with E-state index < -0.39 is 0 Å². The highest BCUT2D eigenvalue weighted by molar-refractivity contribution is 8.00. The molecule has 0 fully saturated rings. The van der Waals surface area contributed by atoms with E-state index in [1.165, 1.54) is 23.1 Å². The van der Waals surface area contributed by atoms with Crippen molar-refractivity contribution in [3.05, 3.63) is 70.1 Å². The second kappa shape index (κ2) is 13.0. The standard InChI is InChI=1S/C29H32N2O5S2/c1-4-23(27(33)31-28-25(29(34)36-5-2)22-14-6-7-15-24(22)38-28)37-21-13-9-11-19(17-21)30-26(32)18-10-8-12-20(16-18)35-3/h8-13,16-17,23H,4-7,14-15H2,1-3H3,(H,30,32)(H,31,33). The molecule has 1 heterocycles. The van der Waals surface area contributed by atoms with Gasteiger partial charge in [0.05, 0.1) is 24.5 Å². The molecule has 1 aromatic heterocycles. The lowest BCUT2D eigenvalue weighted by molar-refractivity contribution is -0.115. The van der Waals surface area contributed by atoms with Crippen molar-refractivity contribution in [3.8, 4) is 5.75 Å².